The van der Waals surface area contributed by atoms with E-state index < -0.39 is 0 Å². The lowest BCUT2D eigenvalue weighted by atomic mass is 10.2. The fourth-order valence-electron chi connectivity index (χ4n) is 2.23. The Kier molecular flexibility index (Phi) is 15.9. The predicted octanol–water partition coefficient (Wildman–Crippen LogP) is 2.70. The number of guanidine groups is 1. The molecule has 0 rings (SSSR count). The third-order valence-electron chi connectivity index (χ3n) is 3.28. The van der Waals surface area contributed by atoms with Crippen molar-refractivity contribution in [3.8, 4) is 0 Å². The number of hydrogen-bond acceptors (Lipinski definition) is 3. The highest BCUT2D eigenvalue weighted by Crippen LogP contribution is 2.03. The van der Waals surface area contributed by atoms with Crippen molar-refractivity contribution in [2.24, 2.45) is 4.99 Å². The monoisotopic (exact) mass is 428 g/mol. The Morgan fingerprint density at radius 2 is 1.55 bits per heavy atom. The van der Waals surface area contributed by atoms with Crippen molar-refractivity contribution in [2.75, 3.05) is 33.3 Å². The van der Waals surface area contributed by atoms with Gasteiger partial charge in [0.15, 0.2) is 5.96 Å². The minimum absolute atomic E-state index is 0. The maximum absolute atomic E-state index is 5.52. The molecule has 0 spiro atoms. The van der Waals surface area contributed by atoms with E-state index in [0.717, 1.165) is 38.6 Å². The molecule has 0 unspecified atom stereocenters. The molecule has 0 aliphatic carbocycles. The summed E-state index contributed by atoms with van der Waals surface area (Å²) >= 11 is 0. The molecule has 0 bridgehead atoms. The van der Waals surface area contributed by atoms with Gasteiger partial charge in [0.2, 0.25) is 0 Å². The molecular formula is C16H37IN4O. The highest BCUT2D eigenvalue weighted by Gasteiger charge is 2.12. The number of halogens is 1. The van der Waals surface area contributed by atoms with Crippen LogP contribution in [0.5, 0.6) is 0 Å². The average Bonchev–Trinajstić information content (AvgIpc) is 2.39. The van der Waals surface area contributed by atoms with E-state index in [1.807, 2.05) is 7.05 Å². The lowest BCUT2D eigenvalue weighted by Crippen LogP contribution is -2.45. The lowest BCUT2D eigenvalue weighted by molar-refractivity contribution is 0.0776. The molecule has 0 fully saturated rings. The normalized spacial score (nSPS) is 12.2. The van der Waals surface area contributed by atoms with Gasteiger partial charge in [0, 0.05) is 45.4 Å². The first-order valence-corrected chi connectivity index (χ1v) is 8.20. The number of ether oxygens (including phenoxy) is 1. The second-order valence-electron chi connectivity index (χ2n) is 6.12. The van der Waals surface area contributed by atoms with Crippen molar-refractivity contribution < 1.29 is 4.74 Å². The van der Waals surface area contributed by atoms with Crippen LogP contribution in [0.4, 0.5) is 0 Å². The van der Waals surface area contributed by atoms with Crippen LogP contribution >= 0.6 is 24.0 Å². The fourth-order valence-corrected chi connectivity index (χ4v) is 2.23. The molecule has 0 saturated carbocycles. The zero-order valence-corrected chi connectivity index (χ0v) is 17.8. The first kappa shape index (κ1) is 24.2. The predicted molar refractivity (Wildman–Crippen MR) is 107 cm³/mol. The summed E-state index contributed by atoms with van der Waals surface area (Å²) in [5, 5.41) is 6.68. The molecule has 0 aromatic carbocycles. The minimum Gasteiger partial charge on any atom is -0.379 e. The van der Waals surface area contributed by atoms with Gasteiger partial charge in [-0.05, 0) is 48.0 Å². The molecule has 0 atom stereocenters. The van der Waals surface area contributed by atoms with Crippen LogP contribution in [0.25, 0.3) is 0 Å². The van der Waals surface area contributed by atoms with E-state index in [-0.39, 0.29) is 24.0 Å². The Labute approximate surface area is 154 Å². The Morgan fingerprint density at radius 3 is 2.00 bits per heavy atom. The zero-order valence-electron chi connectivity index (χ0n) is 15.5. The minimum atomic E-state index is 0. The standard InChI is InChI=1S/C16H36N4O.HI/c1-13(2)20(14(3)4)11-10-19-16(17-7)18-9-8-12-21-15(5)6;/h13-15H,8-12H2,1-7H3,(H2,17,18,19);1H. The van der Waals surface area contributed by atoms with E-state index in [4.69, 9.17) is 4.74 Å². The number of aliphatic imine (C=N–C) groups is 1. The van der Waals surface area contributed by atoms with Crippen molar-refractivity contribution in [1.29, 1.82) is 0 Å². The molecule has 0 amide bonds. The molecule has 2 N–H and O–H groups in total. The van der Waals surface area contributed by atoms with Gasteiger partial charge in [0.25, 0.3) is 0 Å². The van der Waals surface area contributed by atoms with E-state index in [1.165, 1.54) is 0 Å². The van der Waals surface area contributed by atoms with Crippen LogP contribution in [-0.2, 0) is 4.74 Å². The van der Waals surface area contributed by atoms with Crippen LogP contribution in [0.15, 0.2) is 4.99 Å². The molecule has 5 nitrogen and oxygen atoms in total. The van der Waals surface area contributed by atoms with E-state index >= 15 is 0 Å². The van der Waals surface area contributed by atoms with Gasteiger partial charge in [0.1, 0.15) is 0 Å². The average molecular weight is 428 g/mol. The molecule has 134 valence electrons. The largest absolute Gasteiger partial charge is 0.379 e. The lowest BCUT2D eigenvalue weighted by Gasteiger charge is -2.30. The molecule has 0 aromatic heterocycles. The van der Waals surface area contributed by atoms with Gasteiger partial charge >= 0.3 is 0 Å². The summed E-state index contributed by atoms with van der Waals surface area (Å²) in [6.07, 6.45) is 1.30. The molecule has 22 heavy (non-hydrogen) atoms. The van der Waals surface area contributed by atoms with Crippen molar-refractivity contribution in [3.63, 3.8) is 0 Å². The summed E-state index contributed by atoms with van der Waals surface area (Å²) in [6, 6.07) is 1.13. The Morgan fingerprint density at radius 1 is 1.00 bits per heavy atom. The van der Waals surface area contributed by atoms with Crippen molar-refractivity contribution in [1.82, 2.24) is 15.5 Å². The molecule has 0 aliphatic rings. The van der Waals surface area contributed by atoms with Crippen LogP contribution in [0.3, 0.4) is 0 Å². The second-order valence-corrected chi connectivity index (χ2v) is 6.12. The van der Waals surface area contributed by atoms with Crippen molar-refractivity contribution >= 4 is 29.9 Å². The van der Waals surface area contributed by atoms with Crippen LogP contribution < -0.4 is 10.6 Å². The third kappa shape index (κ3) is 12.5. The van der Waals surface area contributed by atoms with Gasteiger partial charge in [0.05, 0.1) is 6.10 Å². The highest BCUT2D eigenvalue weighted by atomic mass is 127. The number of nitrogens with one attached hydrogen (secondary N) is 2. The van der Waals surface area contributed by atoms with Crippen LogP contribution in [0.2, 0.25) is 0 Å². The molecule has 0 radical (unpaired) electrons. The number of nitrogens with zero attached hydrogens (tertiary/aromatic N) is 2. The summed E-state index contributed by atoms with van der Waals surface area (Å²) in [7, 11) is 1.81. The summed E-state index contributed by atoms with van der Waals surface area (Å²) < 4.78 is 5.52. The van der Waals surface area contributed by atoms with Gasteiger partial charge in [-0.2, -0.15) is 0 Å². The smallest absolute Gasteiger partial charge is 0.191 e. The summed E-state index contributed by atoms with van der Waals surface area (Å²) in [6.45, 7) is 16.7. The van der Waals surface area contributed by atoms with Crippen LogP contribution in [0.1, 0.15) is 48.0 Å². The van der Waals surface area contributed by atoms with Crippen molar-refractivity contribution in [3.05, 3.63) is 0 Å². The summed E-state index contributed by atoms with van der Waals surface area (Å²) in [5.41, 5.74) is 0. The maximum atomic E-state index is 5.52. The first-order chi connectivity index (χ1) is 9.88. The van der Waals surface area contributed by atoms with E-state index in [0.29, 0.717) is 18.2 Å². The Bertz CT molecular complexity index is 275. The zero-order chi connectivity index (χ0) is 16.3. The summed E-state index contributed by atoms with van der Waals surface area (Å²) in [4.78, 5) is 6.71. The van der Waals surface area contributed by atoms with Gasteiger partial charge < -0.3 is 15.4 Å². The van der Waals surface area contributed by atoms with Gasteiger partial charge in [-0.15, -0.1) is 24.0 Å². The van der Waals surface area contributed by atoms with Gasteiger partial charge in [-0.1, -0.05) is 0 Å². The van der Waals surface area contributed by atoms with Crippen LogP contribution in [0, 0.1) is 0 Å². The molecule has 6 heteroatoms. The summed E-state index contributed by atoms with van der Waals surface area (Å²) in [5.74, 6) is 0.868. The van der Waals surface area contributed by atoms with E-state index in [9.17, 15) is 0 Å². The highest BCUT2D eigenvalue weighted by molar-refractivity contribution is 14.0. The van der Waals surface area contributed by atoms with Gasteiger partial charge in [-0.3, -0.25) is 9.89 Å². The molecule has 0 heterocycles. The first-order valence-electron chi connectivity index (χ1n) is 8.20. The third-order valence-corrected chi connectivity index (χ3v) is 3.28. The second kappa shape index (κ2) is 14.5. The molecule has 0 aromatic rings. The van der Waals surface area contributed by atoms with E-state index in [2.05, 4.69) is 62.1 Å². The van der Waals surface area contributed by atoms with Crippen LogP contribution in [-0.4, -0.2) is 62.3 Å². The topological polar surface area (TPSA) is 48.9 Å². The molecule has 0 aliphatic heterocycles. The Hall–Kier alpha value is -0.0800. The van der Waals surface area contributed by atoms with Gasteiger partial charge in [-0.25, -0.2) is 0 Å². The number of hydrogen-bond donors (Lipinski definition) is 2. The fraction of sp³-hybridized carbons (Fsp3) is 0.938. The maximum Gasteiger partial charge on any atom is 0.191 e. The Balaban J connectivity index is 0. The number of rotatable bonds is 10. The molecular weight excluding hydrogens is 391 g/mol. The van der Waals surface area contributed by atoms with Crippen molar-refractivity contribution in [2.45, 2.75) is 66.2 Å². The van der Waals surface area contributed by atoms with E-state index in [1.54, 1.807) is 0 Å². The SMILES string of the molecule is CN=C(NCCCOC(C)C)NCCN(C(C)C)C(C)C.I. The molecule has 0 saturated heterocycles. The quantitative estimate of drug-likeness (QED) is 0.243.